The Labute approximate surface area is 196 Å². The molecular weight excluding hydrogens is 467 g/mol. The molecule has 1 N–H and O–H groups in total. The van der Waals surface area contributed by atoms with Crippen molar-refractivity contribution in [1.82, 2.24) is 19.2 Å². The zero-order chi connectivity index (χ0) is 25.3. The summed E-state index contributed by atoms with van der Waals surface area (Å²) in [5.74, 6) is 0.493. The van der Waals surface area contributed by atoms with Crippen LogP contribution in [-0.4, -0.2) is 39.3 Å². The second kappa shape index (κ2) is 9.12. The number of rotatable bonds is 6. The Balaban J connectivity index is 1.65. The Morgan fingerprint density at radius 2 is 1.71 bits per heavy atom. The summed E-state index contributed by atoms with van der Waals surface area (Å²) in [6, 6.07) is 10.6. The van der Waals surface area contributed by atoms with Crippen LogP contribution in [0.4, 0.5) is 18.9 Å². The number of nitrogens with one attached hydrogen (secondary N) is 1. The van der Waals surface area contributed by atoms with Crippen LogP contribution in [0.3, 0.4) is 0 Å². The van der Waals surface area contributed by atoms with Gasteiger partial charge in [0, 0.05) is 29.1 Å². The molecule has 12 heteroatoms. The number of halogens is 3. The zero-order valence-corrected chi connectivity index (χ0v) is 18.9. The number of carbonyl (C=O) groups excluding carboxylic acids is 1. The first kappa shape index (κ1) is 23.8. The summed E-state index contributed by atoms with van der Waals surface area (Å²) in [6.07, 6.45) is -4.49. The number of alkyl halides is 3. The molecule has 0 aliphatic heterocycles. The van der Waals surface area contributed by atoms with Gasteiger partial charge in [-0.2, -0.15) is 13.2 Å². The number of methoxy groups -OCH3 is 2. The minimum absolute atomic E-state index is 0.116. The van der Waals surface area contributed by atoms with Crippen LogP contribution in [0.25, 0.3) is 17.0 Å². The third-order valence-corrected chi connectivity index (χ3v) is 5.13. The first-order chi connectivity index (χ1) is 16.6. The molecule has 2 aromatic carbocycles. The van der Waals surface area contributed by atoms with Crippen LogP contribution in [0.15, 0.2) is 53.3 Å². The van der Waals surface area contributed by atoms with Gasteiger partial charge in [-0.3, -0.25) is 4.79 Å². The van der Waals surface area contributed by atoms with Gasteiger partial charge in [-0.05, 0) is 31.2 Å². The van der Waals surface area contributed by atoms with Crippen molar-refractivity contribution < 1.29 is 27.4 Å². The van der Waals surface area contributed by atoms with Gasteiger partial charge in [-0.15, -0.1) is 5.10 Å². The fourth-order valence-corrected chi connectivity index (χ4v) is 3.51. The normalized spacial score (nSPS) is 11.5. The van der Waals surface area contributed by atoms with Crippen molar-refractivity contribution in [1.29, 1.82) is 0 Å². The number of carbonyl (C=O) groups is 1. The molecule has 2 heterocycles. The van der Waals surface area contributed by atoms with Crippen LogP contribution in [-0.2, 0) is 17.5 Å². The molecule has 1 amide bonds. The van der Waals surface area contributed by atoms with Gasteiger partial charge in [-0.25, -0.2) is 18.9 Å². The maximum absolute atomic E-state index is 13.1. The molecule has 0 radical (unpaired) electrons. The summed E-state index contributed by atoms with van der Waals surface area (Å²) in [6.45, 7) is 1.27. The lowest BCUT2D eigenvalue weighted by atomic mass is 10.1. The molecule has 4 aromatic rings. The van der Waals surface area contributed by atoms with E-state index in [-0.39, 0.29) is 11.5 Å². The number of fused-ring (bicyclic) bond motifs is 1. The first-order valence-electron chi connectivity index (χ1n) is 10.3. The van der Waals surface area contributed by atoms with Crippen LogP contribution in [0.5, 0.6) is 11.5 Å². The van der Waals surface area contributed by atoms with Crippen molar-refractivity contribution in [3.05, 3.63) is 70.3 Å². The highest BCUT2D eigenvalue weighted by atomic mass is 19.4. The predicted octanol–water partition coefficient (Wildman–Crippen LogP) is 3.54. The van der Waals surface area contributed by atoms with E-state index in [9.17, 15) is 22.8 Å². The van der Waals surface area contributed by atoms with E-state index in [1.54, 1.807) is 25.1 Å². The number of hydrogen-bond acceptors (Lipinski definition) is 6. The van der Waals surface area contributed by atoms with E-state index in [1.807, 2.05) is 0 Å². The summed E-state index contributed by atoms with van der Waals surface area (Å²) in [4.78, 5) is 30.0. The average Bonchev–Trinajstić information content (AvgIpc) is 3.12. The molecule has 0 saturated heterocycles. The monoisotopic (exact) mass is 487 g/mol. The third-order valence-electron chi connectivity index (χ3n) is 5.13. The lowest BCUT2D eigenvalue weighted by Gasteiger charge is -2.10. The third kappa shape index (κ3) is 4.81. The Morgan fingerprint density at radius 3 is 2.34 bits per heavy atom. The van der Waals surface area contributed by atoms with Crippen LogP contribution in [0.2, 0.25) is 0 Å². The molecule has 0 bridgehead atoms. The zero-order valence-electron chi connectivity index (χ0n) is 18.9. The highest BCUT2D eigenvalue weighted by Crippen LogP contribution is 2.31. The molecular formula is C23H20F3N5O4. The van der Waals surface area contributed by atoms with Gasteiger partial charge >= 0.3 is 11.9 Å². The maximum Gasteiger partial charge on any atom is 0.416 e. The van der Waals surface area contributed by atoms with E-state index < -0.39 is 29.9 Å². The molecule has 0 unspecified atom stereocenters. The second-order valence-corrected chi connectivity index (χ2v) is 7.55. The molecule has 0 atom stereocenters. The number of anilines is 1. The molecule has 0 fully saturated rings. The largest absolute Gasteiger partial charge is 0.493 e. The predicted molar refractivity (Wildman–Crippen MR) is 121 cm³/mol. The van der Waals surface area contributed by atoms with Crippen LogP contribution in [0, 0.1) is 6.92 Å². The molecule has 0 saturated carbocycles. The van der Waals surface area contributed by atoms with Gasteiger partial charge in [0.15, 0.2) is 17.1 Å². The topological polar surface area (TPSA) is 99.7 Å². The fraction of sp³-hybridized carbons (Fsp3) is 0.217. The summed E-state index contributed by atoms with van der Waals surface area (Å²) in [7, 11) is 2.95. The number of aromatic nitrogens is 4. The minimum Gasteiger partial charge on any atom is -0.493 e. The van der Waals surface area contributed by atoms with Gasteiger partial charge < -0.3 is 14.8 Å². The number of aryl methyl sites for hydroxylation is 1. The highest BCUT2D eigenvalue weighted by Gasteiger charge is 2.30. The highest BCUT2D eigenvalue weighted by molar-refractivity contribution is 5.90. The van der Waals surface area contributed by atoms with E-state index in [2.05, 4.69) is 15.4 Å². The number of benzene rings is 2. The van der Waals surface area contributed by atoms with Crippen molar-refractivity contribution >= 4 is 17.2 Å². The second-order valence-electron chi connectivity index (χ2n) is 7.55. The van der Waals surface area contributed by atoms with Crippen molar-refractivity contribution in [2.45, 2.75) is 19.6 Å². The molecule has 0 aliphatic carbocycles. The van der Waals surface area contributed by atoms with Crippen LogP contribution < -0.4 is 20.5 Å². The summed E-state index contributed by atoms with van der Waals surface area (Å²) >= 11 is 0. The van der Waals surface area contributed by atoms with E-state index in [1.165, 1.54) is 32.4 Å². The van der Waals surface area contributed by atoms with Crippen molar-refractivity contribution in [3.8, 4) is 22.9 Å². The quantitative estimate of drug-likeness (QED) is 0.447. The lowest BCUT2D eigenvalue weighted by Crippen LogP contribution is -2.28. The van der Waals surface area contributed by atoms with E-state index in [4.69, 9.17) is 9.47 Å². The number of ether oxygens (including phenoxy) is 2. The van der Waals surface area contributed by atoms with E-state index in [0.717, 1.165) is 21.2 Å². The standard InChI is InChI=1S/C23H20F3N5O4/c1-13-10-19-29-30(12-20(32)28-16-8-9-17(34-2)18(11-16)35-3)22(33)31(19)21(27-13)14-4-6-15(7-5-14)23(24,25)26/h4-11H,12H2,1-3H3,(H,28,32). The number of hydrogen-bond donors (Lipinski definition) is 1. The number of nitrogens with zero attached hydrogens (tertiary/aromatic N) is 4. The Kier molecular flexibility index (Phi) is 6.20. The van der Waals surface area contributed by atoms with Gasteiger partial charge in [0.1, 0.15) is 12.4 Å². The lowest BCUT2D eigenvalue weighted by molar-refractivity contribution is -0.137. The summed E-state index contributed by atoms with van der Waals surface area (Å²) in [5, 5.41) is 6.86. The average molecular weight is 487 g/mol. The number of amides is 1. The summed E-state index contributed by atoms with van der Waals surface area (Å²) in [5.41, 5.74) is -0.0592. The molecule has 0 spiro atoms. The summed E-state index contributed by atoms with van der Waals surface area (Å²) < 4.78 is 51.3. The SMILES string of the molecule is COc1ccc(NC(=O)Cn2nc3cc(C)nc(-c4ccc(C(F)(F)F)cc4)n3c2=O)cc1OC. The molecule has 9 nitrogen and oxygen atoms in total. The Morgan fingerprint density at radius 1 is 1.03 bits per heavy atom. The molecule has 4 rings (SSSR count). The van der Waals surface area contributed by atoms with E-state index in [0.29, 0.717) is 28.4 Å². The molecule has 2 aromatic heterocycles. The Bertz CT molecular complexity index is 1460. The van der Waals surface area contributed by atoms with Crippen molar-refractivity contribution in [2.75, 3.05) is 19.5 Å². The molecule has 182 valence electrons. The van der Waals surface area contributed by atoms with Gasteiger partial charge in [0.2, 0.25) is 5.91 Å². The van der Waals surface area contributed by atoms with Gasteiger partial charge in [-0.1, -0.05) is 12.1 Å². The van der Waals surface area contributed by atoms with Gasteiger partial charge in [0.25, 0.3) is 0 Å². The van der Waals surface area contributed by atoms with Crippen LogP contribution in [0.1, 0.15) is 11.3 Å². The Hall–Kier alpha value is -4.35. The van der Waals surface area contributed by atoms with Gasteiger partial charge in [0.05, 0.1) is 19.8 Å². The fourth-order valence-electron chi connectivity index (χ4n) is 3.51. The minimum atomic E-state index is -4.49. The smallest absolute Gasteiger partial charge is 0.416 e. The van der Waals surface area contributed by atoms with E-state index >= 15 is 0 Å². The van der Waals surface area contributed by atoms with Crippen molar-refractivity contribution in [2.24, 2.45) is 0 Å². The molecule has 35 heavy (non-hydrogen) atoms. The van der Waals surface area contributed by atoms with Crippen LogP contribution >= 0.6 is 0 Å². The first-order valence-corrected chi connectivity index (χ1v) is 10.3. The maximum atomic E-state index is 13.1. The van der Waals surface area contributed by atoms with Crippen molar-refractivity contribution in [3.63, 3.8) is 0 Å². The molecule has 0 aliphatic rings.